The van der Waals surface area contributed by atoms with Gasteiger partial charge in [-0.25, -0.2) is 12.8 Å². The highest BCUT2D eigenvalue weighted by molar-refractivity contribution is 7.92. The summed E-state index contributed by atoms with van der Waals surface area (Å²) < 4.78 is 36.3. The molecule has 1 aromatic heterocycles. The van der Waals surface area contributed by atoms with E-state index in [9.17, 15) is 17.6 Å². The monoisotopic (exact) mass is 367 g/mol. The first-order valence-electron chi connectivity index (χ1n) is 8.28. The van der Waals surface area contributed by atoms with E-state index < -0.39 is 20.5 Å². The van der Waals surface area contributed by atoms with E-state index in [4.69, 9.17) is 0 Å². The molecule has 8 heteroatoms. The quantitative estimate of drug-likeness (QED) is 0.739. The summed E-state index contributed by atoms with van der Waals surface area (Å²) in [5, 5.41) is 6.77. The van der Waals surface area contributed by atoms with Crippen LogP contribution in [0.2, 0.25) is 0 Å². The predicted octanol–water partition coefficient (Wildman–Crippen LogP) is 1.13. The Bertz CT molecular complexity index is 886. The number of carbonyl (C=O) groups is 1. The van der Waals surface area contributed by atoms with E-state index in [1.165, 1.54) is 12.1 Å². The van der Waals surface area contributed by atoms with E-state index in [-0.39, 0.29) is 18.7 Å². The molecule has 136 valence electrons. The number of halogens is 1. The fourth-order valence-corrected chi connectivity index (χ4v) is 4.79. The molecule has 0 bridgehead atoms. The van der Waals surface area contributed by atoms with Crippen LogP contribution in [0.25, 0.3) is 10.9 Å². The lowest BCUT2D eigenvalue weighted by Crippen LogP contribution is -2.57. The number of hydrogen-bond acceptors (Lipinski definition) is 4. The molecule has 1 aromatic carbocycles. The molecule has 1 aliphatic rings. The zero-order valence-corrected chi connectivity index (χ0v) is 14.9. The van der Waals surface area contributed by atoms with Crippen LogP contribution in [-0.4, -0.2) is 49.9 Å². The van der Waals surface area contributed by atoms with Crippen LogP contribution >= 0.6 is 0 Å². The van der Waals surface area contributed by atoms with Gasteiger partial charge in [-0.05, 0) is 56.1 Å². The molecule has 0 unspecified atom stereocenters. The standard InChI is InChI=1S/C17H22FN3O3S/c1-25(23,24)17(5-8-19-9-6-17)16(22)20-7-4-12-11-21-15-10-13(18)2-3-14(12)15/h2-3,10-11,19,21H,4-9H2,1H3,(H,20,22). The van der Waals surface area contributed by atoms with Gasteiger partial charge in [0.15, 0.2) is 14.6 Å². The highest BCUT2D eigenvalue weighted by atomic mass is 32.2. The second kappa shape index (κ2) is 6.76. The van der Waals surface area contributed by atoms with Gasteiger partial charge in [-0.2, -0.15) is 0 Å². The van der Waals surface area contributed by atoms with Crippen LogP contribution in [0.1, 0.15) is 18.4 Å². The zero-order valence-electron chi connectivity index (χ0n) is 14.1. The molecule has 25 heavy (non-hydrogen) atoms. The molecule has 3 N–H and O–H groups in total. The fraction of sp³-hybridized carbons (Fsp3) is 0.471. The number of H-pyrrole nitrogens is 1. The van der Waals surface area contributed by atoms with E-state index in [2.05, 4.69) is 15.6 Å². The summed E-state index contributed by atoms with van der Waals surface area (Å²) >= 11 is 0. The number of piperidine rings is 1. The minimum absolute atomic E-state index is 0.282. The number of amides is 1. The number of sulfone groups is 1. The van der Waals surface area contributed by atoms with Crippen molar-refractivity contribution in [3.63, 3.8) is 0 Å². The summed E-state index contributed by atoms with van der Waals surface area (Å²) in [5.41, 5.74) is 1.65. The number of hydrogen-bond donors (Lipinski definition) is 3. The molecule has 0 spiro atoms. The summed E-state index contributed by atoms with van der Waals surface area (Å²) in [5.74, 6) is -0.738. The first-order valence-corrected chi connectivity index (χ1v) is 10.2. The van der Waals surface area contributed by atoms with Gasteiger partial charge in [0.1, 0.15) is 5.82 Å². The SMILES string of the molecule is CS(=O)(=O)C1(C(=O)NCCc2c[nH]c3cc(F)ccc23)CCNCC1. The summed E-state index contributed by atoms with van der Waals surface area (Å²) in [6.07, 6.45) is 4.02. The molecule has 1 fully saturated rings. The first-order chi connectivity index (χ1) is 11.8. The summed E-state index contributed by atoms with van der Waals surface area (Å²) in [4.78, 5) is 15.6. The van der Waals surface area contributed by atoms with Gasteiger partial charge in [0, 0.05) is 29.9 Å². The summed E-state index contributed by atoms with van der Waals surface area (Å²) in [7, 11) is -3.51. The molecule has 6 nitrogen and oxygen atoms in total. The van der Waals surface area contributed by atoms with Crippen LogP contribution in [0, 0.1) is 5.82 Å². The Morgan fingerprint density at radius 2 is 2.04 bits per heavy atom. The van der Waals surface area contributed by atoms with Gasteiger partial charge in [0.25, 0.3) is 0 Å². The Morgan fingerprint density at radius 3 is 2.72 bits per heavy atom. The van der Waals surface area contributed by atoms with Crippen LogP contribution in [0.5, 0.6) is 0 Å². The predicted molar refractivity (Wildman–Crippen MR) is 94.6 cm³/mol. The molecule has 2 heterocycles. The van der Waals surface area contributed by atoms with Crippen molar-refractivity contribution in [1.82, 2.24) is 15.6 Å². The number of aromatic nitrogens is 1. The van der Waals surface area contributed by atoms with Gasteiger partial charge in [-0.3, -0.25) is 4.79 Å². The minimum Gasteiger partial charge on any atom is -0.361 e. The Hall–Kier alpha value is -1.93. The topological polar surface area (TPSA) is 91.1 Å². The molecule has 0 radical (unpaired) electrons. The highest BCUT2D eigenvalue weighted by Gasteiger charge is 2.48. The van der Waals surface area contributed by atoms with Crippen LogP contribution in [-0.2, 0) is 21.1 Å². The molecule has 0 saturated carbocycles. The van der Waals surface area contributed by atoms with Crippen molar-refractivity contribution >= 4 is 26.6 Å². The third-order valence-corrected chi connectivity index (χ3v) is 6.96. The maximum Gasteiger partial charge on any atom is 0.241 e. The van der Waals surface area contributed by atoms with E-state index >= 15 is 0 Å². The van der Waals surface area contributed by atoms with Crippen molar-refractivity contribution in [2.24, 2.45) is 0 Å². The average molecular weight is 367 g/mol. The van der Waals surface area contributed by atoms with Crippen molar-refractivity contribution in [1.29, 1.82) is 0 Å². The lowest BCUT2D eigenvalue weighted by molar-refractivity contribution is -0.124. The molecule has 1 amide bonds. The normalized spacial score (nSPS) is 17.5. The van der Waals surface area contributed by atoms with Crippen molar-refractivity contribution in [2.75, 3.05) is 25.9 Å². The average Bonchev–Trinajstić information content (AvgIpc) is 2.96. The van der Waals surface area contributed by atoms with E-state index in [1.54, 1.807) is 12.3 Å². The second-order valence-corrected chi connectivity index (χ2v) is 8.85. The van der Waals surface area contributed by atoms with Crippen molar-refractivity contribution in [2.45, 2.75) is 24.0 Å². The van der Waals surface area contributed by atoms with Gasteiger partial charge in [0.05, 0.1) is 0 Å². The smallest absolute Gasteiger partial charge is 0.241 e. The fourth-order valence-electron chi connectivity index (χ4n) is 3.43. The van der Waals surface area contributed by atoms with Gasteiger partial charge in [-0.15, -0.1) is 0 Å². The summed E-state index contributed by atoms with van der Waals surface area (Å²) in [6, 6.07) is 4.51. The lowest BCUT2D eigenvalue weighted by Gasteiger charge is -2.34. The molecular weight excluding hydrogens is 345 g/mol. The van der Waals surface area contributed by atoms with E-state index in [0.29, 0.717) is 31.6 Å². The third-order valence-electron chi connectivity index (χ3n) is 4.94. The van der Waals surface area contributed by atoms with E-state index in [1.807, 2.05) is 0 Å². The molecule has 0 aliphatic carbocycles. The number of aromatic amines is 1. The maximum atomic E-state index is 13.2. The van der Waals surface area contributed by atoms with Gasteiger partial charge in [-0.1, -0.05) is 0 Å². The first kappa shape index (κ1) is 17.9. The largest absolute Gasteiger partial charge is 0.361 e. The van der Waals surface area contributed by atoms with Gasteiger partial charge < -0.3 is 15.6 Å². The Balaban J connectivity index is 1.69. The number of fused-ring (bicyclic) bond motifs is 1. The van der Waals surface area contributed by atoms with E-state index in [0.717, 1.165) is 17.2 Å². The van der Waals surface area contributed by atoms with Crippen LogP contribution in [0.4, 0.5) is 4.39 Å². The van der Waals surface area contributed by atoms with Gasteiger partial charge >= 0.3 is 0 Å². The zero-order chi connectivity index (χ0) is 18.1. The third kappa shape index (κ3) is 3.41. The molecule has 3 rings (SSSR count). The van der Waals surface area contributed by atoms with Crippen LogP contribution in [0.3, 0.4) is 0 Å². The summed E-state index contributed by atoms with van der Waals surface area (Å²) in [6.45, 7) is 1.34. The number of nitrogens with one attached hydrogen (secondary N) is 3. The molecule has 1 saturated heterocycles. The molecule has 1 aliphatic heterocycles. The van der Waals surface area contributed by atoms with Crippen molar-refractivity contribution in [3.05, 3.63) is 35.8 Å². The van der Waals surface area contributed by atoms with Crippen molar-refractivity contribution < 1.29 is 17.6 Å². The van der Waals surface area contributed by atoms with Gasteiger partial charge in [0.2, 0.25) is 5.91 Å². The maximum absolute atomic E-state index is 13.2. The number of rotatable bonds is 5. The Kier molecular flexibility index (Phi) is 4.83. The Labute approximate surface area is 146 Å². The Morgan fingerprint density at radius 1 is 1.32 bits per heavy atom. The minimum atomic E-state index is -3.51. The van der Waals surface area contributed by atoms with Crippen LogP contribution < -0.4 is 10.6 Å². The lowest BCUT2D eigenvalue weighted by atomic mass is 9.95. The molecule has 0 atom stereocenters. The highest BCUT2D eigenvalue weighted by Crippen LogP contribution is 2.28. The number of carbonyl (C=O) groups excluding carboxylic acids is 1. The number of benzene rings is 1. The molecular formula is C17H22FN3O3S. The van der Waals surface area contributed by atoms with Crippen molar-refractivity contribution in [3.8, 4) is 0 Å². The molecule has 2 aromatic rings. The second-order valence-electron chi connectivity index (χ2n) is 6.53. The van der Waals surface area contributed by atoms with Crippen LogP contribution in [0.15, 0.2) is 24.4 Å².